The fourth-order valence-corrected chi connectivity index (χ4v) is 0.576. The van der Waals surface area contributed by atoms with Crippen LogP contribution < -0.4 is 5.11 Å². The van der Waals surface area contributed by atoms with Gasteiger partial charge in [0.1, 0.15) is 0 Å². The number of rotatable bonds is 3. The molecule has 0 aromatic heterocycles. The van der Waals surface area contributed by atoms with Gasteiger partial charge in [0.05, 0.1) is 18.6 Å². The molecule has 0 unspecified atom stereocenters. The molecule has 4 heteroatoms. The highest BCUT2D eigenvalue weighted by atomic mass is 16.6. The van der Waals surface area contributed by atoms with E-state index in [1.807, 2.05) is 0 Å². The Morgan fingerprint density at radius 3 is 2.42 bits per heavy atom. The van der Waals surface area contributed by atoms with Crippen molar-refractivity contribution >= 4 is 5.97 Å². The average molecular weight is 169 g/mol. The molecule has 0 radical (unpaired) electrons. The first-order valence-corrected chi connectivity index (χ1v) is 3.13. The van der Waals surface area contributed by atoms with Crippen molar-refractivity contribution < 1.29 is 19.4 Å². The second-order valence-electron chi connectivity index (χ2n) is 1.84. The summed E-state index contributed by atoms with van der Waals surface area (Å²) in [7, 11) is 2.34. The van der Waals surface area contributed by atoms with Gasteiger partial charge in [-0.15, -0.1) is 12.3 Å². The Bertz CT molecular complexity index is 234. The molecule has 0 rings (SSSR count). The Labute approximate surface area is 70.8 Å². The quantitative estimate of drug-likeness (QED) is 0.245. The molecule has 12 heavy (non-hydrogen) atoms. The zero-order chi connectivity index (χ0) is 9.56. The van der Waals surface area contributed by atoms with Crippen LogP contribution in [0, 0.1) is 12.3 Å². The first-order chi connectivity index (χ1) is 5.67. The summed E-state index contributed by atoms with van der Waals surface area (Å²) in [4.78, 5) is 10.8. The topological polar surface area (TPSA) is 58.6 Å². The largest absolute Gasteiger partial charge is 0.616 e. The van der Waals surface area contributed by atoms with Crippen LogP contribution in [0.4, 0.5) is 0 Å². The van der Waals surface area contributed by atoms with Crippen molar-refractivity contribution in [2.75, 3.05) is 14.2 Å². The third-order valence-electron chi connectivity index (χ3n) is 1.14. The van der Waals surface area contributed by atoms with Gasteiger partial charge in [0.25, 0.3) is 0 Å². The molecule has 4 nitrogen and oxygen atoms in total. The Morgan fingerprint density at radius 1 is 1.50 bits per heavy atom. The zero-order valence-electron chi connectivity index (χ0n) is 6.92. The minimum absolute atomic E-state index is 0.0840. The van der Waals surface area contributed by atoms with E-state index >= 15 is 0 Å². The molecule has 0 fully saturated rings. The monoisotopic (exact) mass is 169 g/mol. The number of carbonyl (C=O) groups excluding carboxylic acids is 1. The van der Waals surface area contributed by atoms with E-state index in [0.29, 0.717) is 0 Å². The van der Waals surface area contributed by atoms with Gasteiger partial charge in [0.2, 0.25) is 0 Å². The van der Waals surface area contributed by atoms with Crippen molar-refractivity contribution in [2.24, 2.45) is 0 Å². The van der Waals surface area contributed by atoms with Crippen LogP contribution in [0.1, 0.15) is 6.42 Å². The van der Waals surface area contributed by atoms with Gasteiger partial charge in [0.15, 0.2) is 0 Å². The summed E-state index contributed by atoms with van der Waals surface area (Å²) in [6.45, 7) is 0. The van der Waals surface area contributed by atoms with E-state index < -0.39 is 11.9 Å². The summed E-state index contributed by atoms with van der Waals surface area (Å²) >= 11 is 0. The van der Waals surface area contributed by atoms with Gasteiger partial charge in [-0.25, -0.2) is 4.79 Å². The molecule has 0 saturated carbocycles. The van der Waals surface area contributed by atoms with E-state index in [-0.39, 0.29) is 12.0 Å². The zero-order valence-corrected chi connectivity index (χ0v) is 6.92. The van der Waals surface area contributed by atoms with Crippen molar-refractivity contribution in [1.82, 2.24) is 0 Å². The summed E-state index contributed by atoms with van der Waals surface area (Å²) in [5, 5.41) is 10.8. The Morgan fingerprint density at radius 2 is 2.08 bits per heavy atom. The molecule has 0 heterocycles. The third kappa shape index (κ3) is 2.54. The van der Waals surface area contributed by atoms with Crippen molar-refractivity contribution in [1.29, 1.82) is 0 Å². The SMILES string of the molecule is C#CC/C(C(=O)OC)=C(/[O-])OC. The maximum Gasteiger partial charge on any atom is 0.336 e. The molecule has 0 spiro atoms. The van der Waals surface area contributed by atoms with Crippen molar-refractivity contribution in [3.8, 4) is 12.3 Å². The van der Waals surface area contributed by atoms with E-state index in [9.17, 15) is 9.90 Å². The van der Waals surface area contributed by atoms with E-state index in [2.05, 4.69) is 15.4 Å². The highest BCUT2D eigenvalue weighted by Gasteiger charge is 2.09. The molecular formula is C8H9O4-. The molecule has 0 amide bonds. The highest BCUT2D eigenvalue weighted by Crippen LogP contribution is 2.06. The van der Waals surface area contributed by atoms with Crippen LogP contribution in [-0.2, 0) is 14.3 Å². The van der Waals surface area contributed by atoms with E-state index in [0.717, 1.165) is 0 Å². The molecule has 0 atom stereocenters. The van der Waals surface area contributed by atoms with Crippen molar-refractivity contribution in [3.05, 3.63) is 11.5 Å². The number of hydrogen-bond acceptors (Lipinski definition) is 4. The number of carbonyl (C=O) groups is 1. The van der Waals surface area contributed by atoms with Crippen LogP contribution >= 0.6 is 0 Å². The van der Waals surface area contributed by atoms with Gasteiger partial charge in [-0.3, -0.25) is 0 Å². The maximum absolute atomic E-state index is 10.8. The molecular weight excluding hydrogens is 160 g/mol. The lowest BCUT2D eigenvalue weighted by atomic mass is 10.2. The Balaban J connectivity index is 4.67. The molecule has 0 bridgehead atoms. The predicted octanol–water partition coefficient (Wildman–Crippen LogP) is -0.599. The van der Waals surface area contributed by atoms with Gasteiger partial charge in [-0.05, 0) is 7.11 Å². The smallest absolute Gasteiger partial charge is 0.336 e. The molecule has 0 saturated heterocycles. The summed E-state index contributed by atoms with van der Waals surface area (Å²) < 4.78 is 8.63. The lowest BCUT2D eigenvalue weighted by molar-refractivity contribution is -0.355. The van der Waals surface area contributed by atoms with Crippen LogP contribution in [0.25, 0.3) is 0 Å². The standard InChI is InChI=1S/C8H10O4/c1-4-5-6(7(9)11-2)8(10)12-3/h1,9H,5H2,2-3H3/p-1/b7-6+. The number of esters is 1. The first kappa shape index (κ1) is 10.4. The van der Waals surface area contributed by atoms with Crippen molar-refractivity contribution in [3.63, 3.8) is 0 Å². The lowest BCUT2D eigenvalue weighted by Crippen LogP contribution is -2.16. The van der Waals surface area contributed by atoms with Gasteiger partial charge in [-0.2, -0.15) is 0 Å². The van der Waals surface area contributed by atoms with Crippen LogP contribution in [0.5, 0.6) is 0 Å². The number of methoxy groups -OCH3 is 2. The minimum atomic E-state index is -0.750. The maximum atomic E-state index is 10.8. The number of terminal acetylenes is 1. The number of ether oxygens (including phenoxy) is 2. The van der Waals surface area contributed by atoms with Crippen LogP contribution in [0.3, 0.4) is 0 Å². The van der Waals surface area contributed by atoms with Gasteiger partial charge in [0, 0.05) is 6.42 Å². The van der Waals surface area contributed by atoms with Crippen LogP contribution in [-0.4, -0.2) is 20.2 Å². The predicted molar refractivity (Wildman–Crippen MR) is 39.5 cm³/mol. The fraction of sp³-hybridized carbons (Fsp3) is 0.375. The van der Waals surface area contributed by atoms with Crippen LogP contribution in [0.2, 0.25) is 0 Å². The Kier molecular flexibility index (Phi) is 4.39. The molecule has 0 aliphatic rings. The summed E-state index contributed by atoms with van der Waals surface area (Å²) in [6, 6.07) is 0. The molecule has 0 aromatic carbocycles. The molecule has 0 aliphatic carbocycles. The molecule has 0 aromatic rings. The fourth-order valence-electron chi connectivity index (χ4n) is 0.576. The van der Waals surface area contributed by atoms with E-state index in [1.165, 1.54) is 14.2 Å². The molecule has 0 aliphatic heterocycles. The van der Waals surface area contributed by atoms with E-state index in [1.54, 1.807) is 0 Å². The second kappa shape index (κ2) is 5.08. The second-order valence-corrected chi connectivity index (χ2v) is 1.84. The van der Waals surface area contributed by atoms with Gasteiger partial charge < -0.3 is 14.6 Å². The number of hydrogen-bond donors (Lipinski definition) is 0. The van der Waals surface area contributed by atoms with Gasteiger partial charge in [-0.1, -0.05) is 0 Å². The summed E-state index contributed by atoms with van der Waals surface area (Å²) in [6.07, 6.45) is 4.84. The normalized spacial score (nSPS) is 11.1. The van der Waals surface area contributed by atoms with E-state index in [4.69, 9.17) is 6.42 Å². The van der Waals surface area contributed by atoms with Gasteiger partial charge >= 0.3 is 5.97 Å². The lowest BCUT2D eigenvalue weighted by Gasteiger charge is -2.12. The molecule has 0 N–H and O–H groups in total. The first-order valence-electron chi connectivity index (χ1n) is 3.13. The average Bonchev–Trinajstić information content (AvgIpc) is 2.11. The van der Waals surface area contributed by atoms with Crippen molar-refractivity contribution in [2.45, 2.75) is 6.42 Å². The summed E-state index contributed by atoms with van der Waals surface area (Å²) in [5.41, 5.74) is -0.164. The Hall–Kier alpha value is -1.63. The van der Waals surface area contributed by atoms with Crippen LogP contribution in [0.15, 0.2) is 11.5 Å². The highest BCUT2D eigenvalue weighted by molar-refractivity contribution is 5.88. The third-order valence-corrected chi connectivity index (χ3v) is 1.14. The minimum Gasteiger partial charge on any atom is -0.616 e. The molecule has 66 valence electrons. The summed E-state index contributed by atoms with van der Waals surface area (Å²) in [5.74, 6) is 0.659.